The normalized spacial score (nSPS) is 12.0. The Kier molecular flexibility index (Phi) is 5.37. The predicted molar refractivity (Wildman–Crippen MR) is 83.3 cm³/mol. The number of carbonyl (C=O) groups is 1. The van der Waals surface area contributed by atoms with Crippen LogP contribution in [0.25, 0.3) is 0 Å². The van der Waals surface area contributed by atoms with E-state index in [1.165, 1.54) is 0 Å². The molecule has 22 heavy (non-hydrogen) atoms. The van der Waals surface area contributed by atoms with Gasteiger partial charge in [-0.15, -0.1) is 0 Å². The van der Waals surface area contributed by atoms with Crippen LogP contribution in [0.4, 0.5) is 8.78 Å². The molecule has 2 rings (SSSR count). The van der Waals surface area contributed by atoms with Crippen molar-refractivity contribution in [2.45, 2.75) is 19.4 Å². The minimum atomic E-state index is -1.12. The summed E-state index contributed by atoms with van der Waals surface area (Å²) >= 11 is 11.6. The Morgan fingerprint density at radius 2 is 1.73 bits per heavy atom. The van der Waals surface area contributed by atoms with E-state index in [1.807, 2.05) is 6.92 Å². The smallest absolute Gasteiger partial charge is 0.253 e. The van der Waals surface area contributed by atoms with E-state index in [9.17, 15) is 13.6 Å². The van der Waals surface area contributed by atoms with Crippen LogP contribution in [0.3, 0.4) is 0 Å². The van der Waals surface area contributed by atoms with Gasteiger partial charge in [0.15, 0.2) is 11.6 Å². The van der Waals surface area contributed by atoms with E-state index in [1.54, 1.807) is 24.3 Å². The lowest BCUT2D eigenvalue weighted by atomic mass is 10.0. The van der Waals surface area contributed by atoms with Crippen LogP contribution in [0.15, 0.2) is 36.4 Å². The zero-order chi connectivity index (χ0) is 16.3. The molecule has 1 atom stereocenters. The molecule has 2 nitrogen and oxygen atoms in total. The predicted octanol–water partition coefficient (Wildman–Crippen LogP) is 5.15. The summed E-state index contributed by atoms with van der Waals surface area (Å²) in [5, 5.41) is 3.21. The summed E-state index contributed by atoms with van der Waals surface area (Å²) in [6.07, 6.45) is 0.620. The minimum Gasteiger partial charge on any atom is -0.345 e. The largest absolute Gasteiger partial charge is 0.345 e. The Balaban J connectivity index is 2.23. The van der Waals surface area contributed by atoms with Crippen molar-refractivity contribution in [1.82, 2.24) is 5.32 Å². The van der Waals surface area contributed by atoms with E-state index < -0.39 is 17.5 Å². The zero-order valence-electron chi connectivity index (χ0n) is 11.7. The van der Waals surface area contributed by atoms with Crippen molar-refractivity contribution in [2.75, 3.05) is 0 Å². The van der Waals surface area contributed by atoms with Crippen LogP contribution in [0.1, 0.15) is 35.3 Å². The van der Waals surface area contributed by atoms with Gasteiger partial charge in [-0.2, -0.15) is 0 Å². The standard InChI is InChI=1S/C16H13Cl2F2NO/c1-2-15(9-3-5-10(17)6-4-9)21-16(22)11-7-13(19)14(20)8-12(11)18/h3-8,15H,2H2,1H3,(H,21,22). The van der Waals surface area contributed by atoms with E-state index in [-0.39, 0.29) is 16.6 Å². The molecule has 1 N–H and O–H groups in total. The SMILES string of the molecule is CCC(NC(=O)c1cc(F)c(F)cc1Cl)c1ccc(Cl)cc1. The molecule has 1 amide bonds. The molecule has 0 aromatic heterocycles. The maximum atomic E-state index is 13.3. The second kappa shape index (κ2) is 7.07. The van der Waals surface area contributed by atoms with Gasteiger partial charge in [-0.05, 0) is 36.2 Å². The Labute approximate surface area is 137 Å². The summed E-state index contributed by atoms with van der Waals surface area (Å²) < 4.78 is 26.3. The van der Waals surface area contributed by atoms with Crippen LogP contribution in [-0.4, -0.2) is 5.91 Å². The summed E-state index contributed by atoms with van der Waals surface area (Å²) in [5.41, 5.74) is 0.756. The van der Waals surface area contributed by atoms with Gasteiger partial charge >= 0.3 is 0 Å². The van der Waals surface area contributed by atoms with Crippen molar-refractivity contribution in [3.8, 4) is 0 Å². The molecule has 0 saturated carbocycles. The van der Waals surface area contributed by atoms with Crippen LogP contribution < -0.4 is 5.32 Å². The summed E-state index contributed by atoms with van der Waals surface area (Å²) in [4.78, 5) is 12.2. The third-order valence-electron chi connectivity index (χ3n) is 3.24. The lowest BCUT2D eigenvalue weighted by Crippen LogP contribution is -2.28. The van der Waals surface area contributed by atoms with Crippen LogP contribution in [0.5, 0.6) is 0 Å². The fraction of sp³-hybridized carbons (Fsp3) is 0.188. The highest BCUT2D eigenvalue weighted by Crippen LogP contribution is 2.23. The number of amides is 1. The molecule has 0 bridgehead atoms. The number of benzene rings is 2. The molecule has 0 saturated heterocycles. The van der Waals surface area contributed by atoms with Gasteiger partial charge in [0, 0.05) is 5.02 Å². The molecule has 2 aromatic carbocycles. The first-order valence-electron chi connectivity index (χ1n) is 6.63. The lowest BCUT2D eigenvalue weighted by Gasteiger charge is -2.18. The quantitative estimate of drug-likeness (QED) is 0.764. The van der Waals surface area contributed by atoms with Crippen molar-refractivity contribution < 1.29 is 13.6 Å². The number of nitrogens with one attached hydrogen (secondary N) is 1. The molecule has 1 unspecified atom stereocenters. The topological polar surface area (TPSA) is 29.1 Å². The molecule has 6 heteroatoms. The number of rotatable bonds is 4. The number of hydrogen-bond donors (Lipinski definition) is 1. The van der Waals surface area contributed by atoms with Crippen LogP contribution >= 0.6 is 23.2 Å². The highest BCUT2D eigenvalue weighted by molar-refractivity contribution is 6.33. The van der Waals surface area contributed by atoms with Crippen molar-refractivity contribution in [2.24, 2.45) is 0 Å². The minimum absolute atomic E-state index is 0.104. The summed E-state index contributed by atoms with van der Waals surface area (Å²) in [5.74, 6) is -2.77. The summed E-state index contributed by atoms with van der Waals surface area (Å²) in [7, 11) is 0. The van der Waals surface area contributed by atoms with Crippen LogP contribution in [-0.2, 0) is 0 Å². The van der Waals surface area contributed by atoms with Gasteiger partial charge in [-0.3, -0.25) is 4.79 Å². The molecule has 0 aliphatic heterocycles. The van der Waals surface area contributed by atoms with E-state index in [0.29, 0.717) is 11.4 Å². The van der Waals surface area contributed by atoms with Gasteiger partial charge in [0.1, 0.15) is 0 Å². The number of hydrogen-bond acceptors (Lipinski definition) is 1. The van der Waals surface area contributed by atoms with Gasteiger partial charge in [-0.25, -0.2) is 8.78 Å². The van der Waals surface area contributed by atoms with Gasteiger partial charge in [-0.1, -0.05) is 42.3 Å². The maximum absolute atomic E-state index is 13.3. The number of carbonyl (C=O) groups excluding carboxylic acids is 1. The average molecular weight is 344 g/mol. The molecule has 0 aliphatic rings. The van der Waals surface area contributed by atoms with Gasteiger partial charge < -0.3 is 5.32 Å². The highest BCUT2D eigenvalue weighted by Gasteiger charge is 2.18. The van der Waals surface area contributed by atoms with Crippen molar-refractivity contribution in [3.05, 3.63) is 69.2 Å². The van der Waals surface area contributed by atoms with Gasteiger partial charge in [0.25, 0.3) is 5.91 Å². The van der Waals surface area contributed by atoms with Crippen molar-refractivity contribution in [3.63, 3.8) is 0 Å². The molecule has 116 valence electrons. The Bertz CT molecular complexity index is 689. The van der Waals surface area contributed by atoms with Crippen LogP contribution in [0.2, 0.25) is 10.0 Å². The molecule has 0 aliphatic carbocycles. The monoisotopic (exact) mass is 343 g/mol. The zero-order valence-corrected chi connectivity index (χ0v) is 13.2. The van der Waals surface area contributed by atoms with Gasteiger partial charge in [0.2, 0.25) is 0 Å². The molecule has 0 fully saturated rings. The van der Waals surface area contributed by atoms with Crippen LogP contribution in [0, 0.1) is 11.6 Å². The number of halogens is 4. The van der Waals surface area contributed by atoms with Crippen molar-refractivity contribution >= 4 is 29.1 Å². The Morgan fingerprint density at radius 1 is 1.14 bits per heavy atom. The van der Waals surface area contributed by atoms with E-state index in [2.05, 4.69) is 5.32 Å². The average Bonchev–Trinajstić information content (AvgIpc) is 2.49. The molecule has 0 spiro atoms. The second-order valence-electron chi connectivity index (χ2n) is 4.73. The van der Waals surface area contributed by atoms with E-state index in [0.717, 1.165) is 17.7 Å². The first kappa shape index (κ1) is 16.7. The van der Waals surface area contributed by atoms with Gasteiger partial charge in [0.05, 0.1) is 16.6 Å². The molecule has 0 radical (unpaired) electrons. The van der Waals surface area contributed by atoms with Crippen molar-refractivity contribution in [1.29, 1.82) is 0 Å². The summed E-state index contributed by atoms with van der Waals surface area (Å²) in [6, 6.07) is 8.32. The maximum Gasteiger partial charge on any atom is 0.253 e. The van der Waals surface area contributed by atoms with E-state index in [4.69, 9.17) is 23.2 Å². The summed E-state index contributed by atoms with van der Waals surface area (Å²) in [6.45, 7) is 1.90. The fourth-order valence-electron chi connectivity index (χ4n) is 2.05. The second-order valence-corrected chi connectivity index (χ2v) is 5.58. The molecule has 0 heterocycles. The Morgan fingerprint density at radius 3 is 2.32 bits per heavy atom. The third kappa shape index (κ3) is 3.76. The lowest BCUT2D eigenvalue weighted by molar-refractivity contribution is 0.0935. The molecular formula is C16H13Cl2F2NO. The fourth-order valence-corrected chi connectivity index (χ4v) is 2.41. The van der Waals surface area contributed by atoms with E-state index >= 15 is 0 Å². The first-order chi connectivity index (χ1) is 10.4. The Hall–Kier alpha value is -1.65. The third-order valence-corrected chi connectivity index (χ3v) is 3.81. The highest BCUT2D eigenvalue weighted by atomic mass is 35.5. The molecule has 2 aromatic rings. The first-order valence-corrected chi connectivity index (χ1v) is 7.38. The molecular weight excluding hydrogens is 331 g/mol.